The second-order valence-electron chi connectivity index (χ2n) is 11.5. The molecule has 0 spiro atoms. The van der Waals surface area contributed by atoms with Gasteiger partial charge in [-0.15, -0.1) is 22.7 Å². The summed E-state index contributed by atoms with van der Waals surface area (Å²) >= 11 is 2.89. The quantitative estimate of drug-likeness (QED) is 0.124. The Morgan fingerprint density at radius 3 is 2.09 bits per heavy atom. The zero-order valence-corrected chi connectivity index (χ0v) is 28.3. The fourth-order valence-electron chi connectivity index (χ4n) is 4.74. The number of carbonyl (C=O) groups excluding carboxylic acids is 3. The standard InChI is InChI=1S/C34H41N5O6S2/c1-22(2)32-37-27(20-46-32)18-44-33(42)36-23(3)31(41)39-29(15-25-12-8-5-9-13-25)30(40)16-26(14-24-10-6-4-7-11-24)38-34(43)45-19-28-17-35-21-47-28/h4-13,17,20-23,26,29-30,40H,14-16,18-19H2,1-3H3,(H,36,42)(H,38,43)(H,39,41)/t23-,26-,29-,30-/m0/s1. The maximum atomic E-state index is 13.3. The molecule has 4 rings (SSSR count). The van der Waals surface area contributed by atoms with Crippen molar-refractivity contribution in [3.05, 3.63) is 104 Å². The first-order chi connectivity index (χ1) is 22.7. The summed E-state index contributed by atoms with van der Waals surface area (Å²) in [5.41, 5.74) is 4.17. The molecule has 47 heavy (non-hydrogen) atoms. The minimum Gasteiger partial charge on any atom is -0.444 e. The number of rotatable bonds is 16. The largest absolute Gasteiger partial charge is 0.444 e. The summed E-state index contributed by atoms with van der Waals surface area (Å²) in [4.78, 5) is 47.8. The molecule has 0 aliphatic carbocycles. The molecule has 250 valence electrons. The first-order valence-corrected chi connectivity index (χ1v) is 17.2. The first kappa shape index (κ1) is 35.5. The van der Waals surface area contributed by atoms with Gasteiger partial charge in [0.1, 0.15) is 19.3 Å². The van der Waals surface area contributed by atoms with Crippen LogP contribution >= 0.6 is 22.7 Å². The van der Waals surface area contributed by atoms with E-state index in [4.69, 9.17) is 9.47 Å². The molecule has 2 aromatic heterocycles. The predicted molar refractivity (Wildman–Crippen MR) is 181 cm³/mol. The molecule has 0 saturated carbocycles. The number of alkyl carbamates (subject to hydrolysis) is 2. The number of nitrogens with zero attached hydrogens (tertiary/aromatic N) is 2. The lowest BCUT2D eigenvalue weighted by atomic mass is 9.93. The van der Waals surface area contributed by atoms with Crippen molar-refractivity contribution in [2.75, 3.05) is 0 Å². The Balaban J connectivity index is 1.39. The number of aliphatic hydroxyl groups excluding tert-OH is 1. The molecule has 0 saturated heterocycles. The van der Waals surface area contributed by atoms with Gasteiger partial charge >= 0.3 is 12.2 Å². The van der Waals surface area contributed by atoms with Crippen LogP contribution in [0.2, 0.25) is 0 Å². The third-order valence-electron chi connectivity index (χ3n) is 7.23. The molecular weight excluding hydrogens is 639 g/mol. The molecule has 0 fully saturated rings. The molecule has 0 aliphatic heterocycles. The van der Waals surface area contributed by atoms with Crippen LogP contribution in [0.25, 0.3) is 0 Å². The zero-order valence-electron chi connectivity index (χ0n) is 26.6. The van der Waals surface area contributed by atoms with Gasteiger partial charge in [0.05, 0.1) is 33.2 Å². The third-order valence-corrected chi connectivity index (χ3v) is 9.18. The predicted octanol–water partition coefficient (Wildman–Crippen LogP) is 5.35. The van der Waals surface area contributed by atoms with Gasteiger partial charge in [-0.05, 0) is 37.3 Å². The van der Waals surface area contributed by atoms with Crippen LogP contribution in [0.1, 0.15) is 59.8 Å². The van der Waals surface area contributed by atoms with E-state index in [0.717, 1.165) is 21.0 Å². The Kier molecular flexibility index (Phi) is 13.7. The van der Waals surface area contributed by atoms with E-state index in [1.165, 1.54) is 22.7 Å². The second-order valence-corrected chi connectivity index (χ2v) is 13.3. The molecule has 2 aromatic carbocycles. The summed E-state index contributed by atoms with van der Waals surface area (Å²) in [5.74, 6) is -0.216. The van der Waals surface area contributed by atoms with Crippen LogP contribution in [0.3, 0.4) is 0 Å². The van der Waals surface area contributed by atoms with Gasteiger partial charge in [0, 0.05) is 23.5 Å². The minimum absolute atomic E-state index is 0.0127. The number of aliphatic hydroxyl groups is 1. The Bertz CT molecular complexity index is 1530. The van der Waals surface area contributed by atoms with Crippen LogP contribution in [-0.2, 0) is 40.3 Å². The fourth-order valence-corrected chi connectivity index (χ4v) is 6.07. The lowest BCUT2D eigenvalue weighted by molar-refractivity contribution is -0.124. The van der Waals surface area contributed by atoms with E-state index in [9.17, 15) is 19.5 Å². The zero-order chi connectivity index (χ0) is 33.6. The molecular formula is C34H41N5O6S2. The average molecular weight is 680 g/mol. The van der Waals surface area contributed by atoms with E-state index in [1.54, 1.807) is 18.6 Å². The van der Waals surface area contributed by atoms with Crippen molar-refractivity contribution in [3.8, 4) is 0 Å². The van der Waals surface area contributed by atoms with Crippen LogP contribution in [0.4, 0.5) is 9.59 Å². The smallest absolute Gasteiger partial charge is 0.408 e. The van der Waals surface area contributed by atoms with E-state index in [1.807, 2.05) is 79.9 Å². The van der Waals surface area contributed by atoms with Crippen molar-refractivity contribution in [2.45, 2.75) is 83.4 Å². The average Bonchev–Trinajstić information content (AvgIpc) is 3.76. The SMILES string of the molecule is CC(C)c1nc(COC(=O)N[C@@H](C)C(=O)N[C@@H](Cc2ccccc2)[C@@H](O)C[C@H](Cc2ccccc2)NC(=O)OCc2cncs2)cs1. The number of hydrogen-bond acceptors (Lipinski definition) is 10. The molecule has 3 amide bonds. The van der Waals surface area contributed by atoms with E-state index in [-0.39, 0.29) is 25.6 Å². The van der Waals surface area contributed by atoms with Gasteiger partial charge in [-0.3, -0.25) is 9.78 Å². The van der Waals surface area contributed by atoms with Crippen LogP contribution in [0.5, 0.6) is 0 Å². The molecule has 4 aromatic rings. The number of benzene rings is 2. The number of thiazole rings is 2. The van der Waals surface area contributed by atoms with Crippen molar-refractivity contribution < 1.29 is 29.0 Å². The van der Waals surface area contributed by atoms with Crippen molar-refractivity contribution in [3.63, 3.8) is 0 Å². The normalized spacial score (nSPS) is 13.6. The van der Waals surface area contributed by atoms with Crippen LogP contribution < -0.4 is 16.0 Å². The lowest BCUT2D eigenvalue weighted by Crippen LogP contribution is -2.53. The Morgan fingerprint density at radius 2 is 1.47 bits per heavy atom. The van der Waals surface area contributed by atoms with Gasteiger partial charge in [0.2, 0.25) is 5.91 Å². The first-order valence-electron chi connectivity index (χ1n) is 15.4. The van der Waals surface area contributed by atoms with Crippen LogP contribution in [0.15, 0.2) is 77.8 Å². The monoisotopic (exact) mass is 679 g/mol. The van der Waals surface area contributed by atoms with E-state index in [0.29, 0.717) is 18.5 Å². The molecule has 0 bridgehead atoms. The molecule has 2 heterocycles. The Hall–Kier alpha value is -4.33. The van der Waals surface area contributed by atoms with Gasteiger partial charge in [-0.2, -0.15) is 0 Å². The molecule has 0 radical (unpaired) electrons. The molecule has 13 heteroatoms. The molecule has 0 unspecified atom stereocenters. The highest BCUT2D eigenvalue weighted by molar-refractivity contribution is 7.09. The number of amides is 3. The maximum Gasteiger partial charge on any atom is 0.408 e. The number of aromatic nitrogens is 2. The second kappa shape index (κ2) is 18.1. The summed E-state index contributed by atoms with van der Waals surface area (Å²) in [5, 5.41) is 22.7. The highest BCUT2D eigenvalue weighted by atomic mass is 32.1. The highest BCUT2D eigenvalue weighted by Crippen LogP contribution is 2.20. The summed E-state index contributed by atoms with van der Waals surface area (Å²) in [6.07, 6.45) is 0.0767. The van der Waals surface area contributed by atoms with Crippen LogP contribution in [0, 0.1) is 0 Å². The maximum absolute atomic E-state index is 13.3. The minimum atomic E-state index is -1.06. The van der Waals surface area contributed by atoms with Gasteiger partial charge in [0.15, 0.2) is 0 Å². The Labute approximate surface area is 282 Å². The lowest BCUT2D eigenvalue weighted by Gasteiger charge is -2.29. The van der Waals surface area contributed by atoms with Gasteiger partial charge in [-0.25, -0.2) is 14.6 Å². The number of nitrogens with one attached hydrogen (secondary N) is 3. The summed E-state index contributed by atoms with van der Waals surface area (Å²) in [6, 6.07) is 16.9. The molecule has 4 N–H and O–H groups in total. The topological polar surface area (TPSA) is 152 Å². The van der Waals surface area contributed by atoms with Gasteiger partial charge in [-0.1, -0.05) is 74.5 Å². The third kappa shape index (κ3) is 12.1. The van der Waals surface area contributed by atoms with E-state index >= 15 is 0 Å². The van der Waals surface area contributed by atoms with Crippen LogP contribution in [-0.4, -0.2) is 57.4 Å². The molecule has 11 nitrogen and oxygen atoms in total. The van der Waals surface area contributed by atoms with Gasteiger partial charge in [0.25, 0.3) is 0 Å². The highest BCUT2D eigenvalue weighted by Gasteiger charge is 2.28. The van der Waals surface area contributed by atoms with Crippen molar-refractivity contribution >= 4 is 40.8 Å². The molecule has 4 atom stereocenters. The van der Waals surface area contributed by atoms with E-state index < -0.39 is 42.3 Å². The Morgan fingerprint density at radius 1 is 0.830 bits per heavy atom. The summed E-state index contributed by atoms with van der Waals surface area (Å²) in [7, 11) is 0. The van der Waals surface area contributed by atoms with Gasteiger partial charge < -0.3 is 30.5 Å². The van der Waals surface area contributed by atoms with Crippen molar-refractivity contribution in [1.29, 1.82) is 0 Å². The van der Waals surface area contributed by atoms with E-state index in [2.05, 4.69) is 25.9 Å². The van der Waals surface area contributed by atoms with Crippen molar-refractivity contribution in [2.24, 2.45) is 0 Å². The summed E-state index contributed by atoms with van der Waals surface area (Å²) < 4.78 is 10.7. The summed E-state index contributed by atoms with van der Waals surface area (Å²) in [6.45, 7) is 5.69. The number of hydrogen-bond donors (Lipinski definition) is 4. The number of carbonyl (C=O) groups is 3. The number of ether oxygens (including phenoxy) is 2. The van der Waals surface area contributed by atoms with Crippen molar-refractivity contribution in [1.82, 2.24) is 25.9 Å². The fraction of sp³-hybridized carbons (Fsp3) is 0.382. The molecule has 0 aliphatic rings.